The maximum atomic E-state index is 10.2. The van der Waals surface area contributed by atoms with Gasteiger partial charge in [0, 0.05) is 28.9 Å². The van der Waals surface area contributed by atoms with Crippen molar-refractivity contribution in [3.63, 3.8) is 0 Å². The summed E-state index contributed by atoms with van der Waals surface area (Å²) in [4.78, 5) is 2.16. The van der Waals surface area contributed by atoms with Crippen LogP contribution < -0.4 is 0 Å². The summed E-state index contributed by atoms with van der Waals surface area (Å²) in [7, 11) is 2.03. The Bertz CT molecular complexity index is 348. The number of aliphatic hydroxyl groups excluding tert-OH is 1. The summed E-state index contributed by atoms with van der Waals surface area (Å²) in [6, 6.07) is 7.90. The average molecular weight is 274 g/mol. The lowest BCUT2D eigenvalue weighted by atomic mass is 10.1. The molecule has 0 aromatic heterocycles. The van der Waals surface area contributed by atoms with Crippen molar-refractivity contribution in [3.8, 4) is 0 Å². The van der Waals surface area contributed by atoms with Crippen LogP contribution in [0.3, 0.4) is 0 Å². The molecule has 96 valence electrons. The molecule has 0 heterocycles. The zero-order valence-electron chi connectivity index (χ0n) is 10.6. The minimum absolute atomic E-state index is 0.446. The molecule has 2 nitrogen and oxygen atoms in total. The number of benzene rings is 1. The molecule has 0 bridgehead atoms. The van der Waals surface area contributed by atoms with Crippen molar-refractivity contribution < 1.29 is 5.11 Å². The van der Waals surface area contributed by atoms with E-state index >= 15 is 0 Å². The van der Waals surface area contributed by atoms with Gasteiger partial charge in [0.1, 0.15) is 0 Å². The smallest absolute Gasteiger partial charge is 0.0931 e. The van der Waals surface area contributed by atoms with Crippen LogP contribution in [0.1, 0.15) is 18.6 Å². The highest BCUT2D eigenvalue weighted by Crippen LogP contribution is 2.23. The van der Waals surface area contributed by atoms with Crippen molar-refractivity contribution in [2.75, 3.05) is 25.6 Å². The molecule has 1 aromatic rings. The first-order chi connectivity index (χ1) is 8.06. The summed E-state index contributed by atoms with van der Waals surface area (Å²) in [6.45, 7) is 2.77. The van der Waals surface area contributed by atoms with Gasteiger partial charge in [-0.1, -0.05) is 29.8 Å². The molecule has 0 aliphatic heterocycles. The Morgan fingerprint density at radius 3 is 2.65 bits per heavy atom. The molecule has 1 aromatic carbocycles. The van der Waals surface area contributed by atoms with Crippen molar-refractivity contribution in [2.45, 2.75) is 19.1 Å². The molecule has 0 radical (unpaired) electrons. The maximum absolute atomic E-state index is 10.2. The normalized spacial score (nSPS) is 14.9. The van der Waals surface area contributed by atoms with Crippen molar-refractivity contribution in [2.24, 2.45) is 0 Å². The second-order valence-corrected chi connectivity index (χ2v) is 5.60. The van der Waals surface area contributed by atoms with Gasteiger partial charge in [0.2, 0.25) is 0 Å². The van der Waals surface area contributed by atoms with Gasteiger partial charge in [0.25, 0.3) is 0 Å². The molecule has 0 amide bonds. The summed E-state index contributed by atoms with van der Waals surface area (Å²) in [6.07, 6.45) is 1.56. The first-order valence-electron chi connectivity index (χ1n) is 5.68. The van der Waals surface area contributed by atoms with E-state index in [1.54, 1.807) is 0 Å². The van der Waals surface area contributed by atoms with E-state index in [0.717, 1.165) is 11.3 Å². The lowest BCUT2D eigenvalue weighted by Crippen LogP contribution is -2.34. The Kier molecular flexibility index (Phi) is 6.34. The maximum Gasteiger partial charge on any atom is 0.0931 e. The van der Waals surface area contributed by atoms with E-state index < -0.39 is 6.10 Å². The van der Waals surface area contributed by atoms with Crippen LogP contribution in [0.4, 0.5) is 0 Å². The third-order valence-corrected chi connectivity index (χ3v) is 4.05. The second-order valence-electron chi connectivity index (χ2n) is 4.28. The third kappa shape index (κ3) is 4.51. The van der Waals surface area contributed by atoms with Crippen LogP contribution in [-0.4, -0.2) is 41.6 Å². The first kappa shape index (κ1) is 14.8. The van der Waals surface area contributed by atoms with E-state index in [2.05, 4.69) is 18.1 Å². The molecule has 17 heavy (non-hydrogen) atoms. The topological polar surface area (TPSA) is 23.5 Å². The standard InChI is InChI=1S/C13H20ClNOS/c1-10(9-17-3)15(2)8-13(16)11-6-4-5-7-12(11)14/h4-7,10,13,16H,8-9H2,1-3H3. The molecule has 4 heteroatoms. The Hall–Kier alpha value is -0.220. The molecule has 1 rings (SSSR count). The van der Waals surface area contributed by atoms with Gasteiger partial charge in [-0.25, -0.2) is 0 Å². The number of halogens is 1. The van der Waals surface area contributed by atoms with E-state index in [0.29, 0.717) is 17.6 Å². The van der Waals surface area contributed by atoms with Gasteiger partial charge >= 0.3 is 0 Å². The van der Waals surface area contributed by atoms with Crippen LogP contribution in [0, 0.1) is 0 Å². The van der Waals surface area contributed by atoms with Gasteiger partial charge in [0.05, 0.1) is 6.10 Å². The van der Waals surface area contributed by atoms with Crippen molar-refractivity contribution in [1.29, 1.82) is 0 Å². The Morgan fingerprint density at radius 2 is 2.06 bits per heavy atom. The fraction of sp³-hybridized carbons (Fsp3) is 0.538. The molecular formula is C13H20ClNOS. The molecule has 0 aliphatic rings. The van der Waals surface area contributed by atoms with Crippen LogP contribution in [0.15, 0.2) is 24.3 Å². The number of hydrogen-bond acceptors (Lipinski definition) is 3. The SMILES string of the molecule is CSCC(C)N(C)CC(O)c1ccccc1Cl. The van der Waals surface area contributed by atoms with Gasteiger partial charge < -0.3 is 5.11 Å². The Morgan fingerprint density at radius 1 is 1.41 bits per heavy atom. The van der Waals surface area contributed by atoms with Gasteiger partial charge in [-0.15, -0.1) is 0 Å². The molecule has 0 saturated heterocycles. The van der Waals surface area contributed by atoms with E-state index in [-0.39, 0.29) is 0 Å². The fourth-order valence-corrected chi connectivity index (χ4v) is 2.66. The monoisotopic (exact) mass is 273 g/mol. The molecular weight excluding hydrogens is 254 g/mol. The summed E-state index contributed by atoms with van der Waals surface area (Å²) in [5.41, 5.74) is 0.803. The molecule has 0 saturated carbocycles. The van der Waals surface area contributed by atoms with Gasteiger partial charge in [-0.3, -0.25) is 4.90 Å². The molecule has 2 unspecified atom stereocenters. The highest BCUT2D eigenvalue weighted by molar-refractivity contribution is 7.98. The first-order valence-corrected chi connectivity index (χ1v) is 7.45. The highest BCUT2D eigenvalue weighted by Gasteiger charge is 2.16. The van der Waals surface area contributed by atoms with Gasteiger partial charge in [0.15, 0.2) is 0 Å². The summed E-state index contributed by atoms with van der Waals surface area (Å²) in [5, 5.41) is 10.8. The minimum Gasteiger partial charge on any atom is -0.387 e. The zero-order chi connectivity index (χ0) is 12.8. The van der Waals surface area contributed by atoms with Gasteiger partial charge in [-0.05, 0) is 26.3 Å². The van der Waals surface area contributed by atoms with Crippen molar-refractivity contribution in [1.82, 2.24) is 4.90 Å². The largest absolute Gasteiger partial charge is 0.387 e. The quantitative estimate of drug-likeness (QED) is 0.862. The minimum atomic E-state index is -0.530. The van der Waals surface area contributed by atoms with Crippen molar-refractivity contribution in [3.05, 3.63) is 34.9 Å². The second kappa shape index (κ2) is 7.27. The molecule has 1 N–H and O–H groups in total. The lowest BCUT2D eigenvalue weighted by molar-refractivity contribution is 0.113. The Labute approximate surface area is 113 Å². The molecule has 2 atom stereocenters. The number of thioether (sulfide) groups is 1. The van der Waals surface area contributed by atoms with Crippen LogP contribution in [0.2, 0.25) is 5.02 Å². The molecule has 0 spiro atoms. The Balaban J connectivity index is 2.60. The molecule has 0 fully saturated rings. The molecule has 0 aliphatic carbocycles. The average Bonchev–Trinajstić information content (AvgIpc) is 2.29. The number of rotatable bonds is 6. The van der Waals surface area contributed by atoms with Crippen molar-refractivity contribution >= 4 is 23.4 Å². The lowest BCUT2D eigenvalue weighted by Gasteiger charge is -2.26. The predicted octanol–water partition coefficient (Wildman–Crippen LogP) is 3.06. The summed E-state index contributed by atoms with van der Waals surface area (Å²) < 4.78 is 0. The van der Waals surface area contributed by atoms with Crippen LogP contribution in [-0.2, 0) is 0 Å². The van der Waals surface area contributed by atoms with Gasteiger partial charge in [-0.2, -0.15) is 11.8 Å². The van der Waals surface area contributed by atoms with E-state index in [9.17, 15) is 5.11 Å². The van der Waals surface area contributed by atoms with Crippen LogP contribution in [0.25, 0.3) is 0 Å². The fourth-order valence-electron chi connectivity index (χ4n) is 1.66. The highest BCUT2D eigenvalue weighted by atomic mass is 35.5. The summed E-state index contributed by atoms with van der Waals surface area (Å²) in [5.74, 6) is 1.06. The number of hydrogen-bond donors (Lipinski definition) is 1. The summed E-state index contributed by atoms with van der Waals surface area (Å²) >= 11 is 7.88. The van der Waals surface area contributed by atoms with E-state index in [1.165, 1.54) is 0 Å². The van der Waals surface area contributed by atoms with E-state index in [1.807, 2.05) is 43.1 Å². The van der Waals surface area contributed by atoms with E-state index in [4.69, 9.17) is 11.6 Å². The number of likely N-dealkylation sites (N-methyl/N-ethyl adjacent to an activating group) is 1. The number of nitrogens with zero attached hydrogens (tertiary/aromatic N) is 1. The van der Waals surface area contributed by atoms with Crippen LogP contribution in [0.5, 0.6) is 0 Å². The zero-order valence-corrected chi connectivity index (χ0v) is 12.1. The third-order valence-electron chi connectivity index (χ3n) is 2.89. The number of aliphatic hydroxyl groups is 1. The predicted molar refractivity (Wildman–Crippen MR) is 76.9 cm³/mol. The van der Waals surface area contributed by atoms with Crippen LogP contribution >= 0.6 is 23.4 Å².